The molecule has 1 aliphatic heterocycles. The number of Topliss-reactive ketones (excluding diaryl/α,β-unsaturated/α-hetero) is 1. The number of carbonyl (C=O) groups is 3. The minimum Gasteiger partial charge on any atom is -0.492 e. The number of ketones is 1. The Balaban J connectivity index is 1.65. The summed E-state index contributed by atoms with van der Waals surface area (Å²) in [5.74, 6) is -1.63. The quantitative estimate of drug-likeness (QED) is 0.359. The van der Waals surface area contributed by atoms with Crippen LogP contribution in [0.25, 0.3) is 11.1 Å². The topological polar surface area (TPSA) is 63.7 Å². The highest BCUT2D eigenvalue weighted by Crippen LogP contribution is 2.75. The summed E-state index contributed by atoms with van der Waals surface area (Å²) in [7, 11) is 0. The van der Waals surface area contributed by atoms with E-state index >= 15 is 0 Å². The molecule has 5 heteroatoms. The number of fused-ring (bicyclic) bond motifs is 5. The van der Waals surface area contributed by atoms with Crippen molar-refractivity contribution in [1.82, 2.24) is 0 Å². The molecule has 3 aromatic carbocycles. The van der Waals surface area contributed by atoms with E-state index in [1.165, 1.54) is 4.90 Å². The second-order valence-corrected chi connectivity index (χ2v) is 10.3. The highest BCUT2D eigenvalue weighted by molar-refractivity contribution is 6.35. The van der Waals surface area contributed by atoms with Crippen molar-refractivity contribution in [3.05, 3.63) is 96.1 Å². The summed E-state index contributed by atoms with van der Waals surface area (Å²) < 4.78 is 5.82. The van der Waals surface area contributed by atoms with Crippen LogP contribution in [0.4, 0.5) is 5.69 Å². The molecule has 2 bridgehead atoms. The van der Waals surface area contributed by atoms with E-state index in [1.54, 1.807) is 18.2 Å². The molecule has 1 heterocycles. The van der Waals surface area contributed by atoms with Crippen LogP contribution in [0, 0.1) is 22.7 Å². The molecule has 3 aromatic rings. The van der Waals surface area contributed by atoms with Gasteiger partial charge in [0.05, 0.1) is 35.0 Å². The molecule has 38 heavy (non-hydrogen) atoms. The van der Waals surface area contributed by atoms with Crippen molar-refractivity contribution in [2.75, 3.05) is 11.5 Å². The van der Waals surface area contributed by atoms with Crippen molar-refractivity contribution in [2.24, 2.45) is 22.7 Å². The number of nitrogens with zero attached hydrogens (tertiary/aromatic N) is 1. The predicted molar refractivity (Wildman–Crippen MR) is 147 cm³/mol. The molecule has 2 fully saturated rings. The minimum absolute atomic E-state index is 0.0159. The molecule has 4 unspecified atom stereocenters. The van der Waals surface area contributed by atoms with Gasteiger partial charge in [0, 0.05) is 0 Å². The Morgan fingerprint density at radius 1 is 0.658 bits per heavy atom. The van der Waals surface area contributed by atoms with E-state index in [0.717, 1.165) is 22.3 Å². The maximum absolute atomic E-state index is 14.8. The molecule has 0 radical (unpaired) electrons. The maximum Gasteiger partial charge on any atom is 0.239 e. The van der Waals surface area contributed by atoms with Gasteiger partial charge >= 0.3 is 0 Å². The van der Waals surface area contributed by atoms with Crippen LogP contribution >= 0.6 is 0 Å². The summed E-state index contributed by atoms with van der Waals surface area (Å²) in [6.07, 6.45) is 0.880. The fraction of sp³-hybridized carbons (Fsp3) is 0.303. The fourth-order valence-corrected chi connectivity index (χ4v) is 7.61. The molecule has 6 rings (SSSR count). The number of imide groups is 1. The average Bonchev–Trinajstić information content (AvgIpc) is 3.45. The van der Waals surface area contributed by atoms with Crippen molar-refractivity contribution >= 4 is 34.4 Å². The monoisotopic (exact) mass is 505 g/mol. The summed E-state index contributed by atoms with van der Waals surface area (Å²) in [6, 6.07) is 27.0. The van der Waals surface area contributed by atoms with Crippen molar-refractivity contribution in [2.45, 2.75) is 33.6 Å². The van der Waals surface area contributed by atoms with Crippen LogP contribution in [0.3, 0.4) is 0 Å². The number of benzene rings is 3. The highest BCUT2D eigenvalue weighted by atomic mass is 16.5. The average molecular weight is 506 g/mol. The van der Waals surface area contributed by atoms with Gasteiger partial charge < -0.3 is 4.74 Å². The summed E-state index contributed by atoms with van der Waals surface area (Å²) in [5.41, 5.74) is 1.95. The van der Waals surface area contributed by atoms with Crippen LogP contribution in [0.5, 0.6) is 5.75 Å². The number of rotatable bonds is 7. The van der Waals surface area contributed by atoms with Crippen LogP contribution in [0.2, 0.25) is 0 Å². The number of para-hydroxylation sites is 2. The maximum atomic E-state index is 14.8. The van der Waals surface area contributed by atoms with Gasteiger partial charge in [-0.3, -0.25) is 14.4 Å². The van der Waals surface area contributed by atoms with E-state index in [-0.39, 0.29) is 17.6 Å². The van der Waals surface area contributed by atoms with E-state index in [9.17, 15) is 14.4 Å². The van der Waals surface area contributed by atoms with Crippen LogP contribution < -0.4 is 9.64 Å². The first-order chi connectivity index (χ1) is 18.5. The lowest BCUT2D eigenvalue weighted by Gasteiger charge is -2.38. The molecule has 3 aliphatic rings. The van der Waals surface area contributed by atoms with Gasteiger partial charge in [-0.15, -0.1) is 0 Å². The molecular formula is C33H31NO4. The van der Waals surface area contributed by atoms with E-state index in [4.69, 9.17) is 4.74 Å². The molecule has 0 aromatic heterocycles. The summed E-state index contributed by atoms with van der Waals surface area (Å²) in [4.78, 5) is 44.9. The van der Waals surface area contributed by atoms with Crippen LogP contribution in [-0.4, -0.2) is 24.2 Å². The second kappa shape index (κ2) is 8.80. The Kier molecular flexibility index (Phi) is 5.64. The van der Waals surface area contributed by atoms with Gasteiger partial charge in [-0.1, -0.05) is 86.6 Å². The standard InChI is InChI=1S/C33H31NO4/c1-4-32-25(21-15-9-7-10-16-21)26(22-17-11-8-12-18-22)33(5-2,31(32)37)28-27(32)29(35)34(30(28)36)23-19-13-14-20-24(23)38-6-3/h7-20,27-28H,4-6H2,1-3H3. The first-order valence-corrected chi connectivity index (χ1v) is 13.5. The van der Waals surface area contributed by atoms with Crippen molar-refractivity contribution in [3.8, 4) is 5.75 Å². The third kappa shape index (κ3) is 2.85. The molecule has 1 saturated carbocycles. The summed E-state index contributed by atoms with van der Waals surface area (Å²) in [5, 5.41) is 0. The molecular weight excluding hydrogens is 474 g/mol. The predicted octanol–water partition coefficient (Wildman–Crippen LogP) is 6.19. The molecule has 1 saturated heterocycles. The molecule has 5 nitrogen and oxygen atoms in total. The van der Waals surface area contributed by atoms with Gasteiger partial charge in [-0.05, 0) is 54.2 Å². The Morgan fingerprint density at radius 2 is 1.11 bits per heavy atom. The number of amides is 2. The Hall–Kier alpha value is -3.99. The van der Waals surface area contributed by atoms with Gasteiger partial charge in [0.15, 0.2) is 5.78 Å². The lowest BCUT2D eigenvalue weighted by molar-refractivity contribution is -0.134. The lowest BCUT2D eigenvalue weighted by atomic mass is 9.60. The van der Waals surface area contributed by atoms with Crippen molar-refractivity contribution in [1.29, 1.82) is 0 Å². The van der Waals surface area contributed by atoms with Gasteiger partial charge in [-0.2, -0.15) is 0 Å². The third-order valence-corrected chi connectivity index (χ3v) is 8.97. The number of allylic oxidation sites excluding steroid dienone is 2. The van der Waals surface area contributed by atoms with E-state index in [1.807, 2.05) is 87.5 Å². The summed E-state index contributed by atoms with van der Waals surface area (Å²) in [6.45, 7) is 6.24. The molecule has 192 valence electrons. The fourth-order valence-electron chi connectivity index (χ4n) is 7.61. The van der Waals surface area contributed by atoms with E-state index in [2.05, 4.69) is 0 Å². The van der Waals surface area contributed by atoms with E-state index < -0.39 is 22.7 Å². The molecule has 2 amide bonds. The number of carbonyl (C=O) groups excluding carboxylic acids is 3. The Labute approximate surface area is 223 Å². The first kappa shape index (κ1) is 24.4. The van der Waals surface area contributed by atoms with Crippen LogP contribution in [0.15, 0.2) is 84.9 Å². The number of hydrogen-bond donors (Lipinski definition) is 0. The Morgan fingerprint density at radius 3 is 1.55 bits per heavy atom. The smallest absolute Gasteiger partial charge is 0.239 e. The van der Waals surface area contributed by atoms with Gasteiger partial charge in [0.2, 0.25) is 11.8 Å². The molecule has 0 N–H and O–H groups in total. The zero-order valence-corrected chi connectivity index (χ0v) is 21.9. The number of anilines is 1. The highest BCUT2D eigenvalue weighted by Gasteiger charge is 2.80. The van der Waals surface area contributed by atoms with E-state index in [0.29, 0.717) is 30.9 Å². The third-order valence-electron chi connectivity index (χ3n) is 8.97. The normalized spacial score (nSPS) is 27.9. The van der Waals surface area contributed by atoms with Crippen molar-refractivity contribution in [3.63, 3.8) is 0 Å². The molecule has 0 spiro atoms. The van der Waals surface area contributed by atoms with Gasteiger partial charge in [0.1, 0.15) is 5.75 Å². The zero-order chi connectivity index (χ0) is 26.7. The van der Waals surface area contributed by atoms with Gasteiger partial charge in [0.25, 0.3) is 0 Å². The lowest BCUT2D eigenvalue weighted by Crippen LogP contribution is -2.42. The first-order valence-electron chi connectivity index (χ1n) is 13.5. The van der Waals surface area contributed by atoms with Crippen molar-refractivity contribution < 1.29 is 19.1 Å². The Bertz CT molecular complexity index is 1390. The van der Waals surface area contributed by atoms with Crippen LogP contribution in [0.1, 0.15) is 44.7 Å². The molecule has 4 atom stereocenters. The van der Waals surface area contributed by atoms with Crippen LogP contribution in [-0.2, 0) is 14.4 Å². The second-order valence-electron chi connectivity index (χ2n) is 10.3. The molecule has 2 aliphatic carbocycles. The number of ether oxygens (including phenoxy) is 1. The largest absolute Gasteiger partial charge is 0.492 e. The minimum atomic E-state index is -1.09. The van der Waals surface area contributed by atoms with Gasteiger partial charge in [-0.25, -0.2) is 4.90 Å². The zero-order valence-electron chi connectivity index (χ0n) is 21.9. The summed E-state index contributed by atoms with van der Waals surface area (Å²) >= 11 is 0. The number of hydrogen-bond acceptors (Lipinski definition) is 4. The SMILES string of the molecule is CCOc1ccccc1N1C(=O)C2C(C1=O)C1(CC)C(=O)C2(CC)C(c2ccccc2)=C1c1ccccc1.